The summed E-state index contributed by atoms with van der Waals surface area (Å²) in [6.07, 6.45) is 2.97. The third-order valence-electron chi connectivity index (χ3n) is 4.44. The molecular formula is C15H19N3O2. The molecular weight excluding hydrogens is 254 g/mol. The van der Waals surface area contributed by atoms with Crippen LogP contribution in [-0.4, -0.2) is 40.8 Å². The van der Waals surface area contributed by atoms with Crippen molar-refractivity contribution in [3.8, 4) is 0 Å². The van der Waals surface area contributed by atoms with Gasteiger partial charge in [0.05, 0.1) is 0 Å². The van der Waals surface area contributed by atoms with Crippen molar-refractivity contribution in [1.29, 1.82) is 0 Å². The van der Waals surface area contributed by atoms with Crippen molar-refractivity contribution >= 4 is 11.8 Å². The number of aryl methyl sites for hydroxylation is 1. The first-order valence-corrected chi connectivity index (χ1v) is 7.09. The van der Waals surface area contributed by atoms with E-state index >= 15 is 0 Å². The highest BCUT2D eigenvalue weighted by molar-refractivity contribution is 5.97. The van der Waals surface area contributed by atoms with Crippen LogP contribution in [0.3, 0.4) is 0 Å². The number of piperidine rings is 1. The standard InChI is InChI=1S/C15H19N3O2/c1-9-4-3-5-12(17-9)15(20)18-11-7-6-10(8-11)13(18)14(19)16-2/h3-5,10-11,13H,6-8H2,1-2H3,(H,16,19)/t10?,11?,13-/m0/s1. The molecule has 106 valence electrons. The summed E-state index contributed by atoms with van der Waals surface area (Å²) in [5.74, 6) is 0.126. The largest absolute Gasteiger partial charge is 0.357 e. The van der Waals surface area contributed by atoms with Gasteiger partial charge in [-0.1, -0.05) is 6.07 Å². The number of rotatable bonds is 2. The number of likely N-dealkylation sites (tertiary alicyclic amines) is 1. The number of carbonyl (C=O) groups is 2. The normalized spacial score (nSPS) is 27.7. The number of hydrogen-bond acceptors (Lipinski definition) is 3. The zero-order valence-corrected chi connectivity index (χ0v) is 11.8. The summed E-state index contributed by atoms with van der Waals surface area (Å²) in [7, 11) is 1.63. The number of fused-ring (bicyclic) bond motifs is 2. The minimum atomic E-state index is -0.325. The predicted molar refractivity (Wildman–Crippen MR) is 74.1 cm³/mol. The van der Waals surface area contributed by atoms with E-state index in [1.807, 2.05) is 19.1 Å². The number of nitrogens with one attached hydrogen (secondary N) is 1. The molecule has 2 unspecified atom stereocenters. The molecule has 3 rings (SSSR count). The summed E-state index contributed by atoms with van der Waals surface area (Å²) in [6, 6.07) is 5.29. The molecule has 1 saturated heterocycles. The van der Waals surface area contributed by atoms with E-state index in [9.17, 15) is 9.59 Å². The molecule has 5 nitrogen and oxygen atoms in total. The molecule has 0 aromatic carbocycles. The van der Waals surface area contributed by atoms with Crippen molar-refractivity contribution in [2.24, 2.45) is 5.92 Å². The van der Waals surface area contributed by atoms with E-state index in [1.165, 1.54) is 0 Å². The summed E-state index contributed by atoms with van der Waals surface area (Å²) in [6.45, 7) is 1.86. The third kappa shape index (κ3) is 1.97. The number of amides is 2. The van der Waals surface area contributed by atoms with E-state index in [0.717, 1.165) is 25.0 Å². The molecule has 3 atom stereocenters. The number of pyridine rings is 1. The molecule has 1 saturated carbocycles. The van der Waals surface area contributed by atoms with Gasteiger partial charge < -0.3 is 10.2 Å². The maximum atomic E-state index is 12.7. The molecule has 1 aromatic heterocycles. The Hall–Kier alpha value is -1.91. The quantitative estimate of drug-likeness (QED) is 0.878. The number of carbonyl (C=O) groups excluding carboxylic acids is 2. The van der Waals surface area contributed by atoms with E-state index in [0.29, 0.717) is 11.6 Å². The summed E-state index contributed by atoms with van der Waals surface area (Å²) in [4.78, 5) is 30.9. The Balaban J connectivity index is 1.91. The van der Waals surface area contributed by atoms with Crippen LogP contribution in [0.25, 0.3) is 0 Å². The molecule has 20 heavy (non-hydrogen) atoms. The molecule has 5 heteroatoms. The highest BCUT2D eigenvalue weighted by atomic mass is 16.2. The van der Waals surface area contributed by atoms with Crippen molar-refractivity contribution in [1.82, 2.24) is 15.2 Å². The van der Waals surface area contributed by atoms with E-state index in [-0.39, 0.29) is 23.9 Å². The monoisotopic (exact) mass is 273 g/mol. The highest BCUT2D eigenvalue weighted by Gasteiger charge is 2.51. The lowest BCUT2D eigenvalue weighted by atomic mass is 9.97. The smallest absolute Gasteiger partial charge is 0.273 e. The SMILES string of the molecule is CNC(=O)[C@@H]1C2CCC(C2)N1C(=O)c1cccc(C)n1. The summed E-state index contributed by atoms with van der Waals surface area (Å²) < 4.78 is 0. The molecule has 2 aliphatic rings. The van der Waals surface area contributed by atoms with Crippen LogP contribution in [0.2, 0.25) is 0 Å². The van der Waals surface area contributed by atoms with E-state index in [2.05, 4.69) is 10.3 Å². The highest BCUT2D eigenvalue weighted by Crippen LogP contribution is 2.43. The summed E-state index contributed by atoms with van der Waals surface area (Å²) in [5, 5.41) is 2.69. The molecule has 1 aromatic rings. The first-order chi connectivity index (χ1) is 9.61. The Bertz CT molecular complexity index is 558. The maximum Gasteiger partial charge on any atom is 0.273 e. The van der Waals surface area contributed by atoms with Gasteiger partial charge in [-0.25, -0.2) is 4.98 Å². The van der Waals surface area contributed by atoms with Crippen LogP contribution in [0.1, 0.15) is 35.4 Å². The zero-order chi connectivity index (χ0) is 14.3. The van der Waals surface area contributed by atoms with Crippen LogP contribution in [0, 0.1) is 12.8 Å². The lowest BCUT2D eigenvalue weighted by molar-refractivity contribution is -0.126. The molecule has 2 fully saturated rings. The Morgan fingerprint density at radius 2 is 2.15 bits per heavy atom. The van der Waals surface area contributed by atoms with Gasteiger partial charge in [0.25, 0.3) is 5.91 Å². The summed E-state index contributed by atoms with van der Waals surface area (Å²) in [5.41, 5.74) is 1.25. The second-order valence-corrected chi connectivity index (χ2v) is 5.66. The van der Waals surface area contributed by atoms with E-state index in [4.69, 9.17) is 0 Å². The lowest BCUT2D eigenvalue weighted by Crippen LogP contribution is -2.52. The second-order valence-electron chi connectivity index (χ2n) is 5.66. The van der Waals surface area contributed by atoms with Crippen LogP contribution < -0.4 is 5.32 Å². The van der Waals surface area contributed by atoms with Crippen molar-refractivity contribution < 1.29 is 9.59 Å². The molecule has 1 aliphatic carbocycles. The van der Waals surface area contributed by atoms with Crippen molar-refractivity contribution in [2.75, 3.05) is 7.05 Å². The Morgan fingerprint density at radius 3 is 2.85 bits per heavy atom. The third-order valence-corrected chi connectivity index (χ3v) is 4.44. The van der Waals surface area contributed by atoms with Crippen LogP contribution in [0.15, 0.2) is 18.2 Å². The second kappa shape index (κ2) is 4.89. The van der Waals surface area contributed by atoms with Gasteiger partial charge in [-0.05, 0) is 44.2 Å². The van der Waals surface area contributed by atoms with Crippen molar-refractivity contribution in [3.63, 3.8) is 0 Å². The van der Waals surface area contributed by atoms with E-state index < -0.39 is 0 Å². The molecule has 2 amide bonds. The zero-order valence-electron chi connectivity index (χ0n) is 11.8. The predicted octanol–water partition coefficient (Wildman–Crippen LogP) is 1.13. The minimum Gasteiger partial charge on any atom is -0.357 e. The Morgan fingerprint density at radius 1 is 1.35 bits per heavy atom. The first kappa shape index (κ1) is 13.1. The molecule has 1 N–H and O–H groups in total. The number of likely N-dealkylation sites (N-methyl/N-ethyl adjacent to an activating group) is 1. The molecule has 0 radical (unpaired) electrons. The topological polar surface area (TPSA) is 62.3 Å². The average molecular weight is 273 g/mol. The summed E-state index contributed by atoms with van der Waals surface area (Å²) >= 11 is 0. The van der Waals surface area contributed by atoms with Crippen LogP contribution in [-0.2, 0) is 4.79 Å². The Kier molecular flexibility index (Phi) is 3.20. The van der Waals surface area contributed by atoms with Crippen molar-refractivity contribution in [2.45, 2.75) is 38.3 Å². The van der Waals surface area contributed by atoms with Gasteiger partial charge in [-0.2, -0.15) is 0 Å². The van der Waals surface area contributed by atoms with Gasteiger partial charge in [0.1, 0.15) is 11.7 Å². The number of aromatic nitrogens is 1. The van der Waals surface area contributed by atoms with Crippen LogP contribution in [0.4, 0.5) is 0 Å². The molecule has 2 bridgehead atoms. The van der Waals surface area contributed by atoms with Crippen LogP contribution in [0.5, 0.6) is 0 Å². The molecule has 0 spiro atoms. The van der Waals surface area contributed by atoms with Crippen molar-refractivity contribution in [3.05, 3.63) is 29.6 Å². The lowest BCUT2D eigenvalue weighted by Gasteiger charge is -2.33. The fourth-order valence-corrected chi connectivity index (χ4v) is 3.56. The molecule has 2 heterocycles. The fraction of sp³-hybridized carbons (Fsp3) is 0.533. The number of hydrogen-bond donors (Lipinski definition) is 1. The van der Waals surface area contributed by atoms with Gasteiger partial charge in [-0.3, -0.25) is 9.59 Å². The van der Waals surface area contributed by atoms with Crippen LogP contribution >= 0.6 is 0 Å². The fourth-order valence-electron chi connectivity index (χ4n) is 3.56. The average Bonchev–Trinajstić information content (AvgIpc) is 3.06. The van der Waals surface area contributed by atoms with Gasteiger partial charge in [0.2, 0.25) is 5.91 Å². The molecule has 1 aliphatic heterocycles. The Labute approximate surface area is 118 Å². The van der Waals surface area contributed by atoms with Gasteiger partial charge in [0.15, 0.2) is 0 Å². The van der Waals surface area contributed by atoms with Gasteiger partial charge >= 0.3 is 0 Å². The minimum absolute atomic E-state index is 0.0572. The van der Waals surface area contributed by atoms with Gasteiger partial charge in [0, 0.05) is 18.8 Å². The van der Waals surface area contributed by atoms with E-state index in [1.54, 1.807) is 18.0 Å². The maximum absolute atomic E-state index is 12.7. The van der Waals surface area contributed by atoms with Gasteiger partial charge in [-0.15, -0.1) is 0 Å². The number of nitrogens with zero attached hydrogens (tertiary/aromatic N) is 2. The first-order valence-electron chi connectivity index (χ1n) is 7.09.